The monoisotopic (exact) mass is 512 g/mol. The number of anilines is 1. The molecular weight excluding hydrogens is 489 g/mol. The molecule has 0 spiro atoms. The number of carbonyl (C=O) groups excluding carboxylic acids is 1. The lowest BCUT2D eigenvalue weighted by Gasteiger charge is -2.39. The fourth-order valence-corrected chi connectivity index (χ4v) is 4.04. The number of fused-ring (bicyclic) bond motifs is 1. The van der Waals surface area contributed by atoms with Crippen molar-refractivity contribution in [3.8, 4) is 17.0 Å². The molecule has 1 saturated heterocycles. The number of halogens is 4. The van der Waals surface area contributed by atoms with Crippen LogP contribution in [0.3, 0.4) is 0 Å². The summed E-state index contributed by atoms with van der Waals surface area (Å²) in [6.07, 6.45) is -3.87. The highest BCUT2D eigenvalue weighted by molar-refractivity contribution is 6.33. The van der Waals surface area contributed by atoms with Gasteiger partial charge in [0, 0.05) is 37.4 Å². The number of benzene rings is 1. The Hall–Kier alpha value is -3.21. The first-order valence-electron chi connectivity index (χ1n) is 10.9. The van der Waals surface area contributed by atoms with E-state index in [2.05, 4.69) is 14.7 Å². The number of nitrogens with zero attached hydrogens (tertiary/aromatic N) is 4. The zero-order valence-electron chi connectivity index (χ0n) is 19.5. The lowest BCUT2D eigenvalue weighted by Crippen LogP contribution is -2.54. The van der Waals surface area contributed by atoms with E-state index in [1.54, 1.807) is 55.0 Å². The average Bonchev–Trinajstić information content (AvgIpc) is 3.19. The molecule has 0 N–H and O–H groups in total. The van der Waals surface area contributed by atoms with Crippen LogP contribution in [-0.4, -0.2) is 58.6 Å². The molecule has 0 saturated carbocycles. The van der Waals surface area contributed by atoms with E-state index in [0.717, 1.165) is 0 Å². The second-order valence-electron chi connectivity index (χ2n) is 9.14. The smallest absolute Gasteiger partial charge is 0.444 e. The van der Waals surface area contributed by atoms with Crippen LogP contribution in [0.1, 0.15) is 27.7 Å². The SMILES string of the molecule is C[C@H]1CN(C(=O)OC(C)(C)C)CCN1c1nc2c(OC(F)(F)F)c(Cl)cc(-c3ccccn3)c2o1. The maximum Gasteiger partial charge on any atom is 0.573 e. The first-order chi connectivity index (χ1) is 16.3. The van der Waals surface area contributed by atoms with Gasteiger partial charge in [-0.15, -0.1) is 13.2 Å². The molecule has 1 aromatic carbocycles. The number of ether oxygens (including phenoxy) is 2. The molecule has 0 aliphatic carbocycles. The van der Waals surface area contributed by atoms with E-state index >= 15 is 0 Å². The zero-order chi connectivity index (χ0) is 25.5. The largest absolute Gasteiger partial charge is 0.573 e. The molecule has 1 amide bonds. The number of aromatic nitrogens is 2. The van der Waals surface area contributed by atoms with E-state index < -0.39 is 23.8 Å². The summed E-state index contributed by atoms with van der Waals surface area (Å²) in [7, 11) is 0. The van der Waals surface area contributed by atoms with Crippen LogP contribution in [0.2, 0.25) is 5.02 Å². The van der Waals surface area contributed by atoms with Crippen LogP contribution in [0.25, 0.3) is 22.4 Å². The molecule has 0 radical (unpaired) electrons. The Balaban J connectivity index is 1.71. The van der Waals surface area contributed by atoms with E-state index in [9.17, 15) is 18.0 Å². The molecule has 35 heavy (non-hydrogen) atoms. The third-order valence-electron chi connectivity index (χ3n) is 5.25. The van der Waals surface area contributed by atoms with Gasteiger partial charge in [-0.3, -0.25) is 4.98 Å². The number of pyridine rings is 1. The van der Waals surface area contributed by atoms with E-state index in [1.807, 2.05) is 6.92 Å². The summed E-state index contributed by atoms with van der Waals surface area (Å²) in [5.41, 5.74) is 0.0760. The Morgan fingerprint density at radius 3 is 2.57 bits per heavy atom. The minimum atomic E-state index is -4.98. The maximum atomic E-state index is 13.1. The van der Waals surface area contributed by atoms with Crippen LogP contribution in [0.15, 0.2) is 34.9 Å². The summed E-state index contributed by atoms with van der Waals surface area (Å²) in [6, 6.07) is 6.26. The predicted molar refractivity (Wildman–Crippen MR) is 124 cm³/mol. The Bertz CT molecular complexity index is 1230. The Labute approximate surface area is 204 Å². The number of carbonyl (C=O) groups is 1. The van der Waals surface area contributed by atoms with Gasteiger partial charge in [0.1, 0.15) is 5.60 Å². The molecule has 1 atom stereocenters. The van der Waals surface area contributed by atoms with Crippen molar-refractivity contribution in [2.45, 2.75) is 45.7 Å². The summed E-state index contributed by atoms with van der Waals surface area (Å²) in [6.45, 7) is 8.17. The van der Waals surface area contributed by atoms with Crippen molar-refractivity contribution < 1.29 is 31.9 Å². The Morgan fingerprint density at radius 1 is 1.23 bits per heavy atom. The molecule has 8 nitrogen and oxygen atoms in total. The first-order valence-corrected chi connectivity index (χ1v) is 11.2. The third kappa shape index (κ3) is 5.55. The molecule has 3 aromatic rings. The molecule has 188 valence electrons. The van der Waals surface area contributed by atoms with E-state index in [4.69, 9.17) is 20.8 Å². The van der Waals surface area contributed by atoms with Crippen molar-refractivity contribution in [1.82, 2.24) is 14.9 Å². The lowest BCUT2D eigenvalue weighted by atomic mass is 10.1. The number of oxazole rings is 1. The van der Waals surface area contributed by atoms with Gasteiger partial charge in [0.2, 0.25) is 0 Å². The maximum absolute atomic E-state index is 13.1. The van der Waals surface area contributed by atoms with E-state index in [1.165, 1.54) is 6.07 Å². The second-order valence-corrected chi connectivity index (χ2v) is 9.55. The first kappa shape index (κ1) is 24.9. The van der Waals surface area contributed by atoms with Gasteiger partial charge in [0.25, 0.3) is 6.01 Å². The van der Waals surface area contributed by atoms with Crippen LogP contribution in [0, 0.1) is 0 Å². The number of amides is 1. The number of hydrogen-bond donors (Lipinski definition) is 0. The van der Waals surface area contributed by atoms with Crippen molar-refractivity contribution in [1.29, 1.82) is 0 Å². The normalized spacial score (nSPS) is 17.1. The summed E-state index contributed by atoms with van der Waals surface area (Å²) < 4.78 is 55.0. The van der Waals surface area contributed by atoms with Crippen LogP contribution >= 0.6 is 11.6 Å². The molecule has 4 rings (SSSR count). The summed E-state index contributed by atoms with van der Waals surface area (Å²) in [5.74, 6) is -0.649. The van der Waals surface area contributed by atoms with Crippen molar-refractivity contribution in [3.05, 3.63) is 35.5 Å². The quantitative estimate of drug-likeness (QED) is 0.433. The third-order valence-corrected chi connectivity index (χ3v) is 5.53. The number of hydrogen-bond acceptors (Lipinski definition) is 7. The Morgan fingerprint density at radius 2 is 1.97 bits per heavy atom. The molecule has 12 heteroatoms. The van der Waals surface area contributed by atoms with Crippen LogP contribution in [-0.2, 0) is 4.74 Å². The van der Waals surface area contributed by atoms with Crippen molar-refractivity contribution >= 4 is 34.8 Å². The summed E-state index contributed by atoms with van der Waals surface area (Å²) in [5, 5.41) is -0.280. The zero-order valence-corrected chi connectivity index (χ0v) is 20.3. The van der Waals surface area contributed by atoms with Crippen LogP contribution in [0.4, 0.5) is 24.0 Å². The van der Waals surface area contributed by atoms with Gasteiger partial charge in [0.05, 0.1) is 10.7 Å². The topological polar surface area (TPSA) is 80.9 Å². The molecule has 1 aliphatic rings. The van der Waals surface area contributed by atoms with Crippen LogP contribution in [0.5, 0.6) is 5.75 Å². The number of rotatable bonds is 3. The van der Waals surface area contributed by atoms with Gasteiger partial charge in [-0.2, -0.15) is 4.98 Å². The molecule has 0 bridgehead atoms. The molecule has 2 aromatic heterocycles. The average molecular weight is 513 g/mol. The number of alkyl halides is 3. The second kappa shape index (κ2) is 9.10. The van der Waals surface area contributed by atoms with E-state index in [0.29, 0.717) is 30.9 Å². The Kier molecular flexibility index (Phi) is 6.48. The molecule has 0 unspecified atom stereocenters. The molecule has 1 aliphatic heterocycles. The number of piperazine rings is 1. The summed E-state index contributed by atoms with van der Waals surface area (Å²) in [4.78, 5) is 24.4. The van der Waals surface area contributed by atoms with Crippen molar-refractivity contribution in [2.24, 2.45) is 0 Å². The molecule has 3 heterocycles. The van der Waals surface area contributed by atoms with Crippen LogP contribution < -0.4 is 9.64 Å². The highest BCUT2D eigenvalue weighted by Gasteiger charge is 2.36. The fourth-order valence-electron chi connectivity index (χ4n) is 3.80. The van der Waals surface area contributed by atoms with Gasteiger partial charge >= 0.3 is 12.5 Å². The summed E-state index contributed by atoms with van der Waals surface area (Å²) >= 11 is 6.19. The van der Waals surface area contributed by atoms with Gasteiger partial charge in [-0.05, 0) is 45.9 Å². The standard InChI is InChI=1S/C23H24ClF3N4O4/c1-13-12-30(21(32)35-22(2,3)4)9-10-31(13)20-29-17-18(33-20)14(16-7-5-6-8-28-16)11-15(24)19(17)34-23(25,26)27/h5-8,11,13H,9-10,12H2,1-4H3/t13-/m0/s1. The van der Waals surface area contributed by atoms with Gasteiger partial charge < -0.3 is 23.7 Å². The molecule has 1 fully saturated rings. The fraction of sp³-hybridized carbons (Fsp3) is 0.435. The van der Waals surface area contributed by atoms with E-state index in [-0.39, 0.29) is 28.2 Å². The lowest BCUT2D eigenvalue weighted by molar-refractivity contribution is -0.274. The van der Waals surface area contributed by atoms with Crippen molar-refractivity contribution in [2.75, 3.05) is 24.5 Å². The highest BCUT2D eigenvalue weighted by Crippen LogP contribution is 2.43. The van der Waals surface area contributed by atoms with Gasteiger partial charge in [-0.25, -0.2) is 4.79 Å². The predicted octanol–water partition coefficient (Wildman–Crippen LogP) is 5.89. The highest BCUT2D eigenvalue weighted by atomic mass is 35.5. The van der Waals surface area contributed by atoms with Crippen molar-refractivity contribution in [3.63, 3.8) is 0 Å². The minimum Gasteiger partial charge on any atom is -0.444 e. The van der Waals surface area contributed by atoms with Gasteiger partial charge in [0.15, 0.2) is 16.8 Å². The molecular formula is C23H24ClF3N4O4. The minimum absolute atomic E-state index is 0.0594. The van der Waals surface area contributed by atoms with Gasteiger partial charge in [-0.1, -0.05) is 17.7 Å².